The van der Waals surface area contributed by atoms with Crippen molar-refractivity contribution in [2.45, 2.75) is 230 Å². The second kappa shape index (κ2) is 26.2. The van der Waals surface area contributed by atoms with Gasteiger partial charge in [-0.05, 0) is 87.3 Å². The van der Waals surface area contributed by atoms with E-state index in [0.29, 0.717) is 17.6 Å². The van der Waals surface area contributed by atoms with Crippen molar-refractivity contribution in [3.05, 3.63) is 64.1 Å². The largest absolute Gasteiger partial charge is 0.762 e. The maximum atomic E-state index is 15.6. The van der Waals surface area contributed by atoms with Gasteiger partial charge in [-0.2, -0.15) is 0 Å². The summed E-state index contributed by atoms with van der Waals surface area (Å²) in [6.07, 6.45) is -8.29. The Labute approximate surface area is 501 Å². The van der Waals surface area contributed by atoms with Gasteiger partial charge in [-0.3, -0.25) is 15.3 Å². The van der Waals surface area contributed by atoms with E-state index in [1.165, 1.54) is 14.0 Å². The number of Topliss-reactive ketones (excluding diaryl/α,β-unsaturated/α-hetero) is 1. The van der Waals surface area contributed by atoms with E-state index in [0.717, 1.165) is 7.11 Å². The summed E-state index contributed by atoms with van der Waals surface area (Å²) in [5.74, 6) is -6.72. The Morgan fingerprint density at radius 1 is 0.791 bits per heavy atom. The topological polar surface area (TPSA) is 342 Å². The van der Waals surface area contributed by atoms with Gasteiger partial charge < -0.3 is 93.4 Å². The van der Waals surface area contributed by atoms with Gasteiger partial charge in [0.2, 0.25) is 5.78 Å². The molecule has 0 aromatic rings. The Hall–Kier alpha value is -3.81. The predicted octanol–water partition coefficient (Wildman–Crippen LogP) is 5.16. The molecule has 5 saturated heterocycles. The van der Waals surface area contributed by atoms with Crippen LogP contribution in [0.4, 0.5) is 4.79 Å². The van der Waals surface area contributed by atoms with Gasteiger partial charge in [0, 0.05) is 68.8 Å². The highest BCUT2D eigenvalue weighted by atomic mass is 17.1. The molecule has 1 saturated carbocycles. The number of fused-ring (bicyclic) bond motifs is 4. The molecule has 5 heterocycles. The van der Waals surface area contributed by atoms with E-state index in [4.69, 9.17) is 57.0 Å². The first-order valence-electron chi connectivity index (χ1n) is 30.3. The highest BCUT2D eigenvalue weighted by molar-refractivity contribution is 6.26. The molecule has 4 aliphatic carbocycles. The number of ketones is 1. The zero-order valence-corrected chi connectivity index (χ0v) is 51.2. The molecule has 9 aliphatic rings. The summed E-state index contributed by atoms with van der Waals surface area (Å²) >= 11 is 0. The SMILES string of the molecule is C=C1C(OO)CC(OC2CC(C)(N([O-])O)C(NC(=O)OC)C(C)O2)C(C)=CC2C=C(CO)C(C)CC23OC(=O)C(=C(O)C2(C)C1C=CC1C(OC4CC(OC5CC(C)C(OC6CC(O)C(OC)C(C)O6)C(O)O5)C(O)C(C)O4)C(C)CC(C)C12)C3=O. The summed E-state index contributed by atoms with van der Waals surface area (Å²) in [7, 11) is 2.65. The first-order valence-corrected chi connectivity index (χ1v) is 30.3. The lowest BCUT2D eigenvalue weighted by molar-refractivity contribution is -0.358. The summed E-state index contributed by atoms with van der Waals surface area (Å²) < 4.78 is 67.5. The monoisotopic (exact) mass is 1220 g/mol. The average Bonchev–Trinajstić information content (AvgIpc) is 1.31. The molecule has 25 nitrogen and oxygen atoms in total. The normalized spacial score (nSPS) is 47.5. The third-order valence-electron chi connectivity index (χ3n) is 20.6. The number of carbonyl (C=O) groups is 3. The van der Waals surface area contributed by atoms with E-state index in [-0.39, 0.29) is 73.7 Å². The highest BCUT2D eigenvalue weighted by Crippen LogP contribution is 2.61. The number of carbonyl (C=O) groups excluding carboxylic acids is 3. The number of methoxy groups -OCH3 is 2. The van der Waals surface area contributed by atoms with Crippen molar-refractivity contribution in [2.24, 2.45) is 52.8 Å². The van der Waals surface area contributed by atoms with Crippen LogP contribution in [0.5, 0.6) is 0 Å². The second-order valence-corrected chi connectivity index (χ2v) is 26.3. The van der Waals surface area contributed by atoms with Gasteiger partial charge in [0.05, 0.1) is 68.0 Å². The lowest BCUT2D eigenvalue weighted by Gasteiger charge is -2.57. The number of ether oxygens (including phenoxy) is 11. The Morgan fingerprint density at radius 2 is 1.44 bits per heavy atom. The maximum absolute atomic E-state index is 15.6. The van der Waals surface area contributed by atoms with Crippen molar-refractivity contribution in [3.8, 4) is 0 Å². The van der Waals surface area contributed by atoms with Crippen LogP contribution in [0.3, 0.4) is 0 Å². The van der Waals surface area contributed by atoms with Gasteiger partial charge in [0.1, 0.15) is 35.7 Å². The van der Waals surface area contributed by atoms with Gasteiger partial charge in [-0.15, -0.1) is 0 Å². The molecule has 0 aromatic carbocycles. The smallest absolute Gasteiger partial charge is 0.407 e. The van der Waals surface area contributed by atoms with Gasteiger partial charge in [0.25, 0.3) is 0 Å². The Balaban J connectivity index is 1.02. The van der Waals surface area contributed by atoms with Crippen LogP contribution < -0.4 is 5.32 Å². The number of nitrogens with one attached hydrogen (secondary N) is 1. The first-order chi connectivity index (χ1) is 40.5. The fourth-order valence-corrected chi connectivity index (χ4v) is 15.9. The highest BCUT2D eigenvalue weighted by Gasteiger charge is 2.64. The summed E-state index contributed by atoms with van der Waals surface area (Å²) in [6, 6.07) is -1.09. The van der Waals surface area contributed by atoms with Crippen molar-refractivity contribution in [3.63, 3.8) is 0 Å². The minimum absolute atomic E-state index is 0.0405. The van der Waals surface area contributed by atoms with Gasteiger partial charge in [-0.25, -0.2) is 14.5 Å². The second-order valence-electron chi connectivity index (χ2n) is 26.3. The van der Waals surface area contributed by atoms with Crippen molar-refractivity contribution in [2.75, 3.05) is 20.8 Å². The number of aliphatic hydroxyl groups is 5. The zero-order valence-electron chi connectivity index (χ0n) is 51.2. The van der Waals surface area contributed by atoms with E-state index < -0.39 is 180 Å². The number of hydrogen-bond acceptors (Lipinski definition) is 24. The molecule has 5 aliphatic heterocycles. The molecule has 9 rings (SSSR count). The lowest BCUT2D eigenvalue weighted by atomic mass is 9.49. The predicted molar refractivity (Wildman–Crippen MR) is 300 cm³/mol. The van der Waals surface area contributed by atoms with Crippen LogP contribution in [0.2, 0.25) is 0 Å². The molecule has 86 heavy (non-hydrogen) atoms. The standard InChI is InChI=1S/C61H91N2O23/c1-26-17-36-19-35(25-64)30(5)23-61(36)55(68)47(56(69)85-61)54(67)60(11)38(31(6)41(86-74)21-40(26)80-46-24-59(10,63(72)73)53(34(9)79-46)62-58(71)76-13)15-14-37-48(60)27(2)16-28(3)50(37)82-45-22-42(49(66)32(7)77-45)81-43-18-29(4)51(57(70)84-43)83-44-20-39(65)52(75-12)33(8)78-44/h14-15,17,19,27-30,32-34,36-46,48-53,57,64-67,70,72,74H,6,16,18,20-25H2,1-5,7-13H3,(H,62,71)/q-1. The number of amides is 1. The number of aliphatic hydroxyl groups excluding tert-OH is 5. The number of rotatable bonds is 13. The van der Waals surface area contributed by atoms with Crippen LogP contribution in [0.1, 0.15) is 114 Å². The number of allylic oxidation sites excluding steroid dienone is 2. The third-order valence-corrected chi connectivity index (χ3v) is 20.6. The van der Waals surface area contributed by atoms with Crippen LogP contribution >= 0.6 is 0 Å². The molecule has 1 amide bonds. The van der Waals surface area contributed by atoms with Crippen LogP contribution in [0.25, 0.3) is 0 Å². The van der Waals surface area contributed by atoms with E-state index in [1.54, 1.807) is 53.7 Å². The first kappa shape index (κ1) is 66.6. The van der Waals surface area contributed by atoms with E-state index in [1.807, 2.05) is 32.9 Å². The van der Waals surface area contributed by atoms with Crippen LogP contribution in [0, 0.1) is 58.0 Å². The molecular weight excluding hydrogens is 1130 g/mol. The van der Waals surface area contributed by atoms with Crippen LogP contribution in [-0.4, -0.2) is 196 Å². The van der Waals surface area contributed by atoms with E-state index >= 15 is 4.79 Å². The minimum Gasteiger partial charge on any atom is -0.762 e. The number of hydroxylamine groups is 2. The van der Waals surface area contributed by atoms with Gasteiger partial charge in [0.15, 0.2) is 37.1 Å². The zero-order chi connectivity index (χ0) is 62.8. The Morgan fingerprint density at radius 3 is 2.08 bits per heavy atom. The summed E-state index contributed by atoms with van der Waals surface area (Å²) in [5.41, 5.74) is -4.56. The maximum Gasteiger partial charge on any atom is 0.407 e. The quantitative estimate of drug-likeness (QED) is 0.0388. The van der Waals surface area contributed by atoms with Gasteiger partial charge >= 0.3 is 12.1 Å². The Bertz CT molecular complexity index is 2590. The molecule has 28 unspecified atom stereocenters. The number of esters is 1. The molecule has 25 heteroatoms. The lowest BCUT2D eigenvalue weighted by Crippen LogP contribution is -2.67. The van der Waals surface area contributed by atoms with Crippen molar-refractivity contribution >= 4 is 17.8 Å². The molecule has 0 aromatic heterocycles. The van der Waals surface area contributed by atoms with E-state index in [9.17, 15) is 50.8 Å². The number of hydrogen-bond donors (Lipinski definition) is 8. The number of nitrogens with zero attached hydrogens (tertiary/aromatic N) is 1. The van der Waals surface area contributed by atoms with Crippen molar-refractivity contribution in [1.82, 2.24) is 10.5 Å². The average molecular weight is 1220 g/mol. The van der Waals surface area contributed by atoms with Crippen molar-refractivity contribution in [1.29, 1.82) is 0 Å². The van der Waals surface area contributed by atoms with Crippen LogP contribution in [-0.2, 0) is 66.6 Å². The molecule has 8 N–H and O–H groups in total. The number of alkyl carbamates (subject to hydrolysis) is 1. The molecular formula is C61H91N2O23-. The van der Waals surface area contributed by atoms with Crippen molar-refractivity contribution < 1.29 is 107 Å². The molecule has 0 radical (unpaired) electrons. The molecule has 2 bridgehead atoms. The summed E-state index contributed by atoms with van der Waals surface area (Å²) in [4.78, 5) is 48.2. The van der Waals surface area contributed by atoms with E-state index in [2.05, 4.69) is 11.9 Å². The minimum atomic E-state index is -1.91. The fraction of sp³-hybridized carbons (Fsp3) is 0.787. The van der Waals surface area contributed by atoms with Gasteiger partial charge in [-0.1, -0.05) is 65.5 Å². The molecule has 1 spiro atoms. The Kier molecular flexibility index (Phi) is 20.3. The molecule has 484 valence electrons. The fourth-order valence-electron chi connectivity index (χ4n) is 15.9. The molecule has 28 atom stereocenters. The summed E-state index contributed by atoms with van der Waals surface area (Å²) in [5, 5.41) is 94.4. The molecule has 6 fully saturated rings. The third kappa shape index (κ3) is 12.3. The summed E-state index contributed by atoms with van der Waals surface area (Å²) in [6.45, 7) is 21.8. The van der Waals surface area contributed by atoms with Crippen LogP contribution in [0.15, 0.2) is 58.9 Å².